The number of nitrogens with zero attached hydrogens (tertiary/aromatic N) is 3. The Bertz CT molecular complexity index is 891. The quantitative estimate of drug-likeness (QED) is 0.755. The number of hydrogen-bond donors (Lipinski definition) is 1. The maximum absolute atomic E-state index is 13.3. The van der Waals surface area contributed by atoms with Gasteiger partial charge < -0.3 is 15.1 Å². The first kappa shape index (κ1) is 21.7. The van der Waals surface area contributed by atoms with E-state index in [1.165, 1.54) is 5.56 Å². The molecular weight excluding hydrogens is 392 g/mol. The Labute approximate surface area is 184 Å². The number of rotatable bonds is 3. The standard InChI is InChI=1S/C24H34N4O3/c1-17-6-5-7-19(12-17)26-8-10-27(11-9-26)20(29)15-28-21(30)24(25-22(28)31)14-18(2)13-23(3,4)16-24/h5-7,12,18H,8-11,13-16H2,1-4H3,(H,25,31). The summed E-state index contributed by atoms with van der Waals surface area (Å²) >= 11 is 0. The smallest absolute Gasteiger partial charge is 0.325 e. The number of urea groups is 1. The van der Waals surface area contributed by atoms with Crippen molar-refractivity contribution in [1.29, 1.82) is 0 Å². The lowest BCUT2D eigenvalue weighted by molar-refractivity contribution is -0.140. The predicted molar refractivity (Wildman–Crippen MR) is 120 cm³/mol. The van der Waals surface area contributed by atoms with Gasteiger partial charge in [-0.3, -0.25) is 14.5 Å². The molecule has 2 aliphatic heterocycles. The van der Waals surface area contributed by atoms with E-state index in [4.69, 9.17) is 0 Å². The molecule has 4 amide bonds. The number of nitrogens with one attached hydrogen (secondary N) is 1. The first-order chi connectivity index (χ1) is 14.6. The van der Waals surface area contributed by atoms with Crippen molar-refractivity contribution in [2.45, 2.75) is 52.5 Å². The first-order valence-electron chi connectivity index (χ1n) is 11.3. The number of carbonyl (C=O) groups is 3. The highest BCUT2D eigenvalue weighted by Gasteiger charge is 2.56. The molecule has 7 heteroatoms. The van der Waals surface area contributed by atoms with Gasteiger partial charge in [0.15, 0.2) is 0 Å². The third-order valence-corrected chi connectivity index (χ3v) is 6.92. The molecular formula is C24H34N4O3. The fourth-order valence-corrected chi connectivity index (χ4v) is 5.92. The second-order valence-electron chi connectivity index (χ2n) is 10.5. The van der Waals surface area contributed by atoms with E-state index in [1.54, 1.807) is 4.90 Å². The average molecular weight is 427 g/mol. The van der Waals surface area contributed by atoms with Crippen LogP contribution in [0.15, 0.2) is 24.3 Å². The molecule has 1 aromatic carbocycles. The molecule has 0 bridgehead atoms. The second kappa shape index (κ2) is 7.84. The molecule has 3 fully saturated rings. The Morgan fingerprint density at radius 1 is 1.13 bits per heavy atom. The highest BCUT2D eigenvalue weighted by atomic mass is 16.2. The van der Waals surface area contributed by atoms with Gasteiger partial charge in [0, 0.05) is 31.9 Å². The minimum absolute atomic E-state index is 0.0211. The Morgan fingerprint density at radius 2 is 1.84 bits per heavy atom. The molecule has 7 nitrogen and oxygen atoms in total. The van der Waals surface area contributed by atoms with E-state index >= 15 is 0 Å². The maximum atomic E-state index is 13.3. The van der Waals surface area contributed by atoms with E-state index in [9.17, 15) is 14.4 Å². The van der Waals surface area contributed by atoms with E-state index in [0.717, 1.165) is 30.1 Å². The molecule has 168 valence electrons. The molecule has 2 unspecified atom stereocenters. The van der Waals surface area contributed by atoms with Crippen molar-refractivity contribution in [1.82, 2.24) is 15.1 Å². The molecule has 1 aromatic rings. The largest absolute Gasteiger partial charge is 0.368 e. The number of aryl methyl sites for hydroxylation is 1. The molecule has 4 rings (SSSR count). The van der Waals surface area contributed by atoms with Crippen LogP contribution in [-0.4, -0.2) is 65.9 Å². The molecule has 2 saturated heterocycles. The summed E-state index contributed by atoms with van der Waals surface area (Å²) < 4.78 is 0. The van der Waals surface area contributed by atoms with Crippen LogP contribution < -0.4 is 10.2 Å². The van der Waals surface area contributed by atoms with Crippen LogP contribution in [-0.2, 0) is 9.59 Å². The van der Waals surface area contributed by atoms with Crippen molar-refractivity contribution in [3.05, 3.63) is 29.8 Å². The van der Waals surface area contributed by atoms with Crippen LogP contribution in [0.2, 0.25) is 0 Å². The molecule has 0 aromatic heterocycles. The predicted octanol–water partition coefficient (Wildman–Crippen LogP) is 2.78. The first-order valence-corrected chi connectivity index (χ1v) is 11.3. The average Bonchev–Trinajstić information content (AvgIpc) is 2.89. The van der Waals surface area contributed by atoms with Gasteiger partial charge >= 0.3 is 6.03 Å². The minimum Gasteiger partial charge on any atom is -0.368 e. The Balaban J connectivity index is 1.38. The number of hydrogen-bond acceptors (Lipinski definition) is 4. The van der Waals surface area contributed by atoms with Gasteiger partial charge in [0.1, 0.15) is 12.1 Å². The van der Waals surface area contributed by atoms with Crippen LogP contribution in [0.25, 0.3) is 0 Å². The van der Waals surface area contributed by atoms with Gasteiger partial charge in [-0.1, -0.05) is 32.9 Å². The Hall–Kier alpha value is -2.57. The zero-order valence-corrected chi connectivity index (χ0v) is 19.1. The summed E-state index contributed by atoms with van der Waals surface area (Å²) in [6, 6.07) is 7.92. The van der Waals surface area contributed by atoms with E-state index in [-0.39, 0.29) is 23.8 Å². The third-order valence-electron chi connectivity index (χ3n) is 6.92. The number of anilines is 1. The van der Waals surface area contributed by atoms with Crippen LogP contribution >= 0.6 is 0 Å². The summed E-state index contributed by atoms with van der Waals surface area (Å²) in [6.45, 7) is 11.0. The zero-order valence-electron chi connectivity index (χ0n) is 19.1. The van der Waals surface area contributed by atoms with Gasteiger partial charge in [-0.2, -0.15) is 0 Å². The number of piperazine rings is 1. The zero-order chi connectivity index (χ0) is 22.4. The number of benzene rings is 1. The normalized spacial score (nSPS) is 28.3. The molecule has 1 saturated carbocycles. The lowest BCUT2D eigenvalue weighted by atomic mass is 9.64. The van der Waals surface area contributed by atoms with Gasteiger partial charge in [0.05, 0.1) is 0 Å². The van der Waals surface area contributed by atoms with Crippen molar-refractivity contribution in [3.63, 3.8) is 0 Å². The highest BCUT2D eigenvalue weighted by Crippen LogP contribution is 2.46. The van der Waals surface area contributed by atoms with Crippen molar-refractivity contribution in [2.75, 3.05) is 37.6 Å². The minimum atomic E-state index is -0.859. The molecule has 0 radical (unpaired) electrons. The van der Waals surface area contributed by atoms with Crippen LogP contribution in [0.5, 0.6) is 0 Å². The monoisotopic (exact) mass is 426 g/mol. The molecule has 1 aliphatic carbocycles. The molecule has 31 heavy (non-hydrogen) atoms. The lowest BCUT2D eigenvalue weighted by Gasteiger charge is -2.43. The number of imide groups is 1. The highest BCUT2D eigenvalue weighted by molar-refractivity contribution is 6.09. The van der Waals surface area contributed by atoms with E-state index in [0.29, 0.717) is 31.8 Å². The summed E-state index contributed by atoms with van der Waals surface area (Å²) in [6.07, 6.45) is 2.29. The summed E-state index contributed by atoms with van der Waals surface area (Å²) in [7, 11) is 0. The van der Waals surface area contributed by atoms with Crippen LogP contribution in [0.3, 0.4) is 0 Å². The van der Waals surface area contributed by atoms with Crippen molar-refractivity contribution < 1.29 is 14.4 Å². The Kier molecular flexibility index (Phi) is 5.48. The van der Waals surface area contributed by atoms with Gasteiger partial charge in [-0.15, -0.1) is 0 Å². The molecule has 3 aliphatic rings. The SMILES string of the molecule is Cc1cccc(N2CCN(C(=O)CN3C(=O)NC4(CC(C)CC(C)(C)C4)C3=O)CC2)c1. The molecule has 1 N–H and O–H groups in total. The summed E-state index contributed by atoms with van der Waals surface area (Å²) in [5.74, 6) is -0.0465. The lowest BCUT2D eigenvalue weighted by Crippen LogP contribution is -2.55. The number of amides is 4. The molecule has 1 spiro atoms. The molecule has 2 heterocycles. The van der Waals surface area contributed by atoms with Crippen LogP contribution in [0.4, 0.5) is 10.5 Å². The summed E-state index contributed by atoms with van der Waals surface area (Å²) in [5, 5.41) is 2.96. The Morgan fingerprint density at radius 3 is 2.48 bits per heavy atom. The number of carbonyl (C=O) groups excluding carboxylic acids is 3. The van der Waals surface area contributed by atoms with Gasteiger partial charge in [0.2, 0.25) is 5.91 Å². The summed E-state index contributed by atoms with van der Waals surface area (Å²) in [5.41, 5.74) is 1.50. The second-order valence-corrected chi connectivity index (χ2v) is 10.5. The van der Waals surface area contributed by atoms with Gasteiger partial charge in [0.25, 0.3) is 5.91 Å². The van der Waals surface area contributed by atoms with E-state index in [1.807, 2.05) is 6.07 Å². The van der Waals surface area contributed by atoms with Crippen molar-refractivity contribution in [3.8, 4) is 0 Å². The van der Waals surface area contributed by atoms with Crippen molar-refractivity contribution in [2.24, 2.45) is 11.3 Å². The van der Waals surface area contributed by atoms with Gasteiger partial charge in [-0.25, -0.2) is 4.79 Å². The van der Waals surface area contributed by atoms with E-state index < -0.39 is 11.6 Å². The van der Waals surface area contributed by atoms with Crippen LogP contribution in [0.1, 0.15) is 45.6 Å². The summed E-state index contributed by atoms with van der Waals surface area (Å²) in [4.78, 5) is 44.1. The maximum Gasteiger partial charge on any atom is 0.325 e. The third kappa shape index (κ3) is 4.27. The topological polar surface area (TPSA) is 73.0 Å². The fourth-order valence-electron chi connectivity index (χ4n) is 5.92. The van der Waals surface area contributed by atoms with Gasteiger partial charge in [-0.05, 0) is 55.2 Å². The van der Waals surface area contributed by atoms with E-state index in [2.05, 4.69) is 56.1 Å². The fraction of sp³-hybridized carbons (Fsp3) is 0.625. The van der Waals surface area contributed by atoms with Crippen LogP contribution in [0, 0.1) is 18.3 Å². The van der Waals surface area contributed by atoms with Crippen molar-refractivity contribution >= 4 is 23.5 Å². The molecule has 2 atom stereocenters.